The van der Waals surface area contributed by atoms with Gasteiger partial charge in [0.1, 0.15) is 11.9 Å². The molecular formula is C15H22N4O2. The fourth-order valence-corrected chi connectivity index (χ4v) is 2.89. The lowest BCUT2D eigenvalue weighted by atomic mass is 10.2. The second-order valence-corrected chi connectivity index (χ2v) is 5.89. The maximum Gasteiger partial charge on any atom is 0.242 e. The van der Waals surface area contributed by atoms with Gasteiger partial charge < -0.3 is 15.2 Å². The van der Waals surface area contributed by atoms with Gasteiger partial charge in [-0.05, 0) is 32.1 Å². The number of imidazole rings is 1. The average molecular weight is 290 g/mol. The first-order valence-corrected chi connectivity index (χ1v) is 7.82. The number of carbonyl (C=O) groups is 2. The topological polar surface area (TPSA) is 78.1 Å². The quantitative estimate of drug-likeness (QED) is 0.763. The number of likely N-dealkylation sites (tertiary alicyclic amines) is 1. The third-order valence-electron chi connectivity index (χ3n) is 4.21. The number of hydrogen-bond donors (Lipinski definition) is 2. The highest BCUT2D eigenvalue weighted by Crippen LogP contribution is 2.33. The number of amides is 2. The van der Waals surface area contributed by atoms with Crippen molar-refractivity contribution in [2.24, 2.45) is 5.92 Å². The molecular weight excluding hydrogens is 268 g/mol. The molecule has 6 heteroatoms. The maximum atomic E-state index is 12.2. The summed E-state index contributed by atoms with van der Waals surface area (Å²) in [5.41, 5.74) is 0. The molecule has 2 fully saturated rings. The van der Waals surface area contributed by atoms with Crippen LogP contribution in [0.15, 0.2) is 12.4 Å². The summed E-state index contributed by atoms with van der Waals surface area (Å²) in [6.07, 6.45) is 8.91. The highest BCUT2D eigenvalue weighted by Gasteiger charge is 2.40. The molecule has 1 saturated carbocycles. The molecule has 6 nitrogen and oxygen atoms in total. The molecule has 1 aliphatic heterocycles. The van der Waals surface area contributed by atoms with Crippen molar-refractivity contribution in [3.05, 3.63) is 18.2 Å². The van der Waals surface area contributed by atoms with Gasteiger partial charge in [-0.1, -0.05) is 0 Å². The Hall–Kier alpha value is -1.85. The van der Waals surface area contributed by atoms with E-state index in [1.807, 2.05) is 0 Å². The SMILES string of the molecule is O=C(NCCCc1ncc[nH]1)C1CCCN1C(=O)C1CC1. The van der Waals surface area contributed by atoms with Gasteiger partial charge in [0, 0.05) is 37.8 Å². The van der Waals surface area contributed by atoms with Gasteiger partial charge in [0.15, 0.2) is 0 Å². The minimum atomic E-state index is -0.248. The summed E-state index contributed by atoms with van der Waals surface area (Å²) in [6, 6.07) is -0.248. The van der Waals surface area contributed by atoms with Gasteiger partial charge in [0.2, 0.25) is 11.8 Å². The number of nitrogens with one attached hydrogen (secondary N) is 2. The van der Waals surface area contributed by atoms with Crippen LogP contribution in [0.25, 0.3) is 0 Å². The third-order valence-corrected chi connectivity index (χ3v) is 4.21. The van der Waals surface area contributed by atoms with Crippen molar-refractivity contribution in [1.82, 2.24) is 20.2 Å². The van der Waals surface area contributed by atoms with E-state index in [1.54, 1.807) is 17.3 Å². The molecule has 1 atom stereocenters. The Morgan fingerprint density at radius 1 is 1.38 bits per heavy atom. The van der Waals surface area contributed by atoms with Crippen LogP contribution >= 0.6 is 0 Å². The zero-order valence-electron chi connectivity index (χ0n) is 12.2. The van der Waals surface area contributed by atoms with Crippen molar-refractivity contribution in [2.45, 2.75) is 44.6 Å². The van der Waals surface area contributed by atoms with E-state index in [9.17, 15) is 9.59 Å². The van der Waals surface area contributed by atoms with Crippen molar-refractivity contribution in [2.75, 3.05) is 13.1 Å². The van der Waals surface area contributed by atoms with Gasteiger partial charge in [-0.25, -0.2) is 4.98 Å². The summed E-state index contributed by atoms with van der Waals surface area (Å²) in [5, 5.41) is 2.96. The molecule has 0 radical (unpaired) electrons. The van der Waals surface area contributed by atoms with E-state index in [0.29, 0.717) is 6.54 Å². The molecule has 114 valence electrons. The van der Waals surface area contributed by atoms with Crippen LogP contribution in [0.5, 0.6) is 0 Å². The summed E-state index contributed by atoms with van der Waals surface area (Å²) in [7, 11) is 0. The van der Waals surface area contributed by atoms with E-state index < -0.39 is 0 Å². The molecule has 1 aromatic heterocycles. The lowest BCUT2D eigenvalue weighted by molar-refractivity contribution is -0.139. The number of nitrogens with zero attached hydrogens (tertiary/aromatic N) is 2. The van der Waals surface area contributed by atoms with E-state index in [4.69, 9.17) is 0 Å². The number of rotatable bonds is 6. The van der Waals surface area contributed by atoms with E-state index in [0.717, 1.165) is 50.9 Å². The van der Waals surface area contributed by atoms with Crippen LogP contribution in [-0.2, 0) is 16.0 Å². The summed E-state index contributed by atoms with van der Waals surface area (Å²) in [6.45, 7) is 1.36. The lowest BCUT2D eigenvalue weighted by Crippen LogP contribution is -2.46. The number of carbonyl (C=O) groups excluding carboxylic acids is 2. The summed E-state index contributed by atoms with van der Waals surface area (Å²) >= 11 is 0. The highest BCUT2D eigenvalue weighted by atomic mass is 16.2. The first kappa shape index (κ1) is 14.1. The molecule has 0 aromatic carbocycles. The van der Waals surface area contributed by atoms with Crippen LogP contribution in [0.2, 0.25) is 0 Å². The van der Waals surface area contributed by atoms with Crippen molar-refractivity contribution in [1.29, 1.82) is 0 Å². The van der Waals surface area contributed by atoms with E-state index in [-0.39, 0.29) is 23.8 Å². The zero-order valence-corrected chi connectivity index (χ0v) is 12.2. The number of hydrogen-bond acceptors (Lipinski definition) is 3. The van der Waals surface area contributed by atoms with E-state index in [2.05, 4.69) is 15.3 Å². The summed E-state index contributed by atoms with van der Waals surface area (Å²) in [4.78, 5) is 33.4. The number of aromatic nitrogens is 2. The maximum absolute atomic E-state index is 12.2. The van der Waals surface area contributed by atoms with Crippen molar-refractivity contribution >= 4 is 11.8 Å². The third kappa shape index (κ3) is 3.43. The first-order chi connectivity index (χ1) is 10.3. The molecule has 2 N–H and O–H groups in total. The predicted octanol–water partition coefficient (Wildman–Crippen LogP) is 0.859. The molecule has 21 heavy (non-hydrogen) atoms. The number of aryl methyl sites for hydroxylation is 1. The van der Waals surface area contributed by atoms with Crippen LogP contribution in [0.1, 0.15) is 37.9 Å². The van der Waals surface area contributed by atoms with Crippen molar-refractivity contribution in [3.8, 4) is 0 Å². The van der Waals surface area contributed by atoms with Crippen LogP contribution in [0.4, 0.5) is 0 Å². The molecule has 1 aliphatic carbocycles. The van der Waals surface area contributed by atoms with Gasteiger partial charge in [-0.2, -0.15) is 0 Å². The molecule has 1 unspecified atom stereocenters. The summed E-state index contributed by atoms with van der Waals surface area (Å²) < 4.78 is 0. The molecule has 0 bridgehead atoms. The molecule has 0 spiro atoms. The molecule has 2 amide bonds. The number of aromatic amines is 1. The Morgan fingerprint density at radius 3 is 2.95 bits per heavy atom. The standard InChI is InChI=1S/C15H22N4O2/c20-14(18-7-1-4-13-16-8-9-17-13)12-3-2-10-19(12)15(21)11-5-6-11/h8-9,11-12H,1-7,10H2,(H,16,17)(H,18,20). The molecule has 2 aliphatic rings. The Bertz CT molecular complexity index is 496. The van der Waals surface area contributed by atoms with Gasteiger partial charge in [0.25, 0.3) is 0 Å². The average Bonchev–Trinajstić information content (AvgIpc) is 3.01. The monoisotopic (exact) mass is 290 g/mol. The van der Waals surface area contributed by atoms with Gasteiger partial charge >= 0.3 is 0 Å². The second-order valence-electron chi connectivity index (χ2n) is 5.89. The van der Waals surface area contributed by atoms with Crippen LogP contribution in [-0.4, -0.2) is 45.8 Å². The summed E-state index contributed by atoms with van der Waals surface area (Å²) in [5.74, 6) is 1.32. The fraction of sp³-hybridized carbons (Fsp3) is 0.667. The van der Waals surface area contributed by atoms with Gasteiger partial charge in [-0.15, -0.1) is 0 Å². The predicted molar refractivity (Wildman–Crippen MR) is 77.4 cm³/mol. The van der Waals surface area contributed by atoms with E-state index >= 15 is 0 Å². The second kappa shape index (κ2) is 6.28. The smallest absolute Gasteiger partial charge is 0.242 e. The van der Waals surface area contributed by atoms with E-state index in [1.165, 1.54) is 0 Å². The molecule has 3 rings (SSSR count). The van der Waals surface area contributed by atoms with Crippen molar-refractivity contribution in [3.63, 3.8) is 0 Å². The first-order valence-electron chi connectivity index (χ1n) is 7.82. The molecule has 1 aromatic rings. The lowest BCUT2D eigenvalue weighted by Gasteiger charge is -2.24. The number of H-pyrrole nitrogens is 1. The molecule has 2 heterocycles. The minimum absolute atomic E-state index is 0.000875. The largest absolute Gasteiger partial charge is 0.354 e. The Balaban J connectivity index is 1.42. The molecule has 1 saturated heterocycles. The minimum Gasteiger partial charge on any atom is -0.354 e. The zero-order chi connectivity index (χ0) is 14.7. The van der Waals surface area contributed by atoms with Crippen LogP contribution in [0.3, 0.4) is 0 Å². The van der Waals surface area contributed by atoms with Crippen molar-refractivity contribution < 1.29 is 9.59 Å². The van der Waals surface area contributed by atoms with Crippen LogP contribution in [0, 0.1) is 5.92 Å². The van der Waals surface area contributed by atoms with Gasteiger partial charge in [-0.3, -0.25) is 9.59 Å². The Labute approximate surface area is 124 Å². The Morgan fingerprint density at radius 2 is 2.24 bits per heavy atom. The Kier molecular flexibility index (Phi) is 4.22. The fourth-order valence-electron chi connectivity index (χ4n) is 2.89. The highest BCUT2D eigenvalue weighted by molar-refractivity contribution is 5.89. The van der Waals surface area contributed by atoms with Crippen LogP contribution < -0.4 is 5.32 Å². The van der Waals surface area contributed by atoms with Gasteiger partial charge in [0.05, 0.1) is 0 Å². The normalized spacial score (nSPS) is 21.5.